The maximum Gasteiger partial charge on any atom is 0.337 e. The second kappa shape index (κ2) is 9.04. The SMILES string of the molecule is COC(=O)c1ccc(C)c(NC(=O)/C=C/c2ccc(OCC#N)cc2)c1. The predicted molar refractivity (Wildman–Crippen MR) is 97.7 cm³/mol. The van der Waals surface area contributed by atoms with Gasteiger partial charge in [0, 0.05) is 11.8 Å². The minimum absolute atomic E-state index is 0.0123. The molecule has 132 valence electrons. The van der Waals surface area contributed by atoms with Crippen LogP contribution in [-0.4, -0.2) is 25.6 Å². The zero-order chi connectivity index (χ0) is 18.9. The van der Waals surface area contributed by atoms with E-state index in [0.29, 0.717) is 17.0 Å². The van der Waals surface area contributed by atoms with Crippen molar-refractivity contribution in [2.45, 2.75) is 6.92 Å². The maximum absolute atomic E-state index is 12.1. The summed E-state index contributed by atoms with van der Waals surface area (Å²) in [6, 6.07) is 13.9. The molecule has 0 saturated carbocycles. The summed E-state index contributed by atoms with van der Waals surface area (Å²) in [5, 5.41) is 11.2. The number of amides is 1. The van der Waals surface area contributed by atoms with Crippen LogP contribution in [0.1, 0.15) is 21.5 Å². The standard InChI is InChI=1S/C20H18N2O4/c1-14-3-7-16(20(24)25-2)13-18(14)22-19(23)10-6-15-4-8-17(9-5-15)26-12-11-21/h3-10,13H,12H2,1-2H3,(H,22,23)/b10-6+. The van der Waals surface area contributed by atoms with E-state index in [1.807, 2.05) is 13.0 Å². The number of anilines is 1. The summed E-state index contributed by atoms with van der Waals surface area (Å²) in [5.41, 5.74) is 2.55. The Hall–Kier alpha value is -3.59. The summed E-state index contributed by atoms with van der Waals surface area (Å²) in [6.45, 7) is 1.82. The van der Waals surface area contributed by atoms with Crippen LogP contribution in [0.4, 0.5) is 5.69 Å². The number of ether oxygens (including phenoxy) is 2. The van der Waals surface area contributed by atoms with Crippen LogP contribution in [-0.2, 0) is 9.53 Å². The third kappa shape index (κ3) is 5.21. The van der Waals surface area contributed by atoms with Crippen LogP contribution in [0.3, 0.4) is 0 Å². The molecular formula is C20H18N2O4. The Bertz CT molecular complexity index is 864. The van der Waals surface area contributed by atoms with E-state index < -0.39 is 5.97 Å². The summed E-state index contributed by atoms with van der Waals surface area (Å²) in [7, 11) is 1.31. The quantitative estimate of drug-likeness (QED) is 0.638. The number of rotatable bonds is 6. The van der Waals surface area contributed by atoms with E-state index in [9.17, 15) is 9.59 Å². The zero-order valence-corrected chi connectivity index (χ0v) is 14.5. The molecule has 0 atom stereocenters. The van der Waals surface area contributed by atoms with Crippen molar-refractivity contribution >= 4 is 23.6 Å². The average molecular weight is 350 g/mol. The van der Waals surface area contributed by atoms with E-state index in [-0.39, 0.29) is 12.5 Å². The van der Waals surface area contributed by atoms with Gasteiger partial charge in [-0.25, -0.2) is 4.79 Å². The summed E-state index contributed by atoms with van der Waals surface area (Å²) in [4.78, 5) is 23.7. The highest BCUT2D eigenvalue weighted by Crippen LogP contribution is 2.18. The number of methoxy groups -OCH3 is 1. The van der Waals surface area contributed by atoms with E-state index in [1.165, 1.54) is 13.2 Å². The number of nitriles is 1. The fourth-order valence-corrected chi connectivity index (χ4v) is 2.14. The monoisotopic (exact) mass is 350 g/mol. The number of esters is 1. The highest BCUT2D eigenvalue weighted by atomic mass is 16.5. The van der Waals surface area contributed by atoms with Gasteiger partial charge in [0.25, 0.3) is 0 Å². The van der Waals surface area contributed by atoms with Crippen molar-refractivity contribution in [3.63, 3.8) is 0 Å². The number of aryl methyl sites for hydroxylation is 1. The summed E-state index contributed by atoms with van der Waals surface area (Å²) in [6.07, 6.45) is 3.05. The van der Waals surface area contributed by atoms with Crippen LogP contribution in [0.5, 0.6) is 5.75 Å². The molecule has 0 spiro atoms. The smallest absolute Gasteiger partial charge is 0.337 e. The molecule has 1 N–H and O–H groups in total. The van der Waals surface area contributed by atoms with Crippen LogP contribution in [0, 0.1) is 18.3 Å². The fourth-order valence-electron chi connectivity index (χ4n) is 2.14. The van der Waals surface area contributed by atoms with Gasteiger partial charge in [-0.05, 0) is 48.4 Å². The van der Waals surface area contributed by atoms with Crippen molar-refractivity contribution in [1.29, 1.82) is 5.26 Å². The molecule has 6 heteroatoms. The average Bonchev–Trinajstić information content (AvgIpc) is 2.66. The fraction of sp³-hybridized carbons (Fsp3) is 0.150. The number of nitrogens with zero attached hydrogens (tertiary/aromatic N) is 1. The van der Waals surface area contributed by atoms with Gasteiger partial charge in [-0.15, -0.1) is 0 Å². The van der Waals surface area contributed by atoms with E-state index in [2.05, 4.69) is 10.1 Å². The molecule has 6 nitrogen and oxygen atoms in total. The van der Waals surface area contributed by atoms with Gasteiger partial charge >= 0.3 is 5.97 Å². The number of nitrogens with one attached hydrogen (secondary N) is 1. The Kier molecular flexibility index (Phi) is 6.52. The van der Waals surface area contributed by atoms with Gasteiger partial charge in [0.1, 0.15) is 11.8 Å². The Labute approximate surface area is 151 Å². The maximum atomic E-state index is 12.1. The Morgan fingerprint density at radius 3 is 2.58 bits per heavy atom. The molecule has 0 aliphatic heterocycles. The van der Waals surface area contributed by atoms with Gasteiger partial charge < -0.3 is 14.8 Å². The number of benzene rings is 2. The first kappa shape index (κ1) is 18.7. The van der Waals surface area contributed by atoms with Crippen LogP contribution in [0.2, 0.25) is 0 Å². The van der Waals surface area contributed by atoms with Crippen molar-refractivity contribution < 1.29 is 19.1 Å². The lowest BCUT2D eigenvalue weighted by atomic mass is 10.1. The van der Waals surface area contributed by atoms with Gasteiger partial charge in [0.2, 0.25) is 5.91 Å². The molecule has 0 fully saturated rings. The highest BCUT2D eigenvalue weighted by Gasteiger charge is 2.09. The van der Waals surface area contributed by atoms with Crippen LogP contribution in [0.15, 0.2) is 48.5 Å². The number of carbonyl (C=O) groups excluding carboxylic acids is 2. The highest BCUT2D eigenvalue weighted by molar-refractivity contribution is 6.03. The van der Waals surface area contributed by atoms with Crippen molar-refractivity contribution in [3.8, 4) is 11.8 Å². The number of hydrogen-bond acceptors (Lipinski definition) is 5. The molecule has 0 saturated heterocycles. The lowest BCUT2D eigenvalue weighted by Gasteiger charge is -2.08. The van der Waals surface area contributed by atoms with Gasteiger partial charge in [0.05, 0.1) is 12.7 Å². The lowest BCUT2D eigenvalue weighted by Crippen LogP contribution is -2.10. The van der Waals surface area contributed by atoms with Crippen LogP contribution < -0.4 is 10.1 Å². The van der Waals surface area contributed by atoms with Gasteiger partial charge in [0.15, 0.2) is 6.61 Å². The Balaban J connectivity index is 2.03. The van der Waals surface area contributed by atoms with Crippen molar-refractivity contribution in [1.82, 2.24) is 0 Å². The Morgan fingerprint density at radius 2 is 1.92 bits per heavy atom. The summed E-state index contributed by atoms with van der Waals surface area (Å²) < 4.78 is 9.85. The summed E-state index contributed by atoms with van der Waals surface area (Å²) in [5.74, 6) is -0.196. The normalized spacial score (nSPS) is 10.2. The van der Waals surface area contributed by atoms with Gasteiger partial charge in [-0.1, -0.05) is 18.2 Å². The topological polar surface area (TPSA) is 88.4 Å². The van der Waals surface area contributed by atoms with Gasteiger partial charge in [-0.3, -0.25) is 4.79 Å². The number of carbonyl (C=O) groups is 2. The summed E-state index contributed by atoms with van der Waals surface area (Å²) >= 11 is 0. The third-order valence-corrected chi connectivity index (χ3v) is 3.53. The van der Waals surface area contributed by atoms with Crippen LogP contribution >= 0.6 is 0 Å². The molecule has 0 radical (unpaired) electrons. The first-order chi connectivity index (χ1) is 12.5. The van der Waals surface area contributed by atoms with E-state index in [4.69, 9.17) is 10.00 Å². The largest absolute Gasteiger partial charge is 0.479 e. The second-order valence-corrected chi connectivity index (χ2v) is 5.36. The second-order valence-electron chi connectivity index (χ2n) is 5.36. The first-order valence-corrected chi connectivity index (χ1v) is 7.81. The van der Waals surface area contributed by atoms with Crippen LogP contribution in [0.25, 0.3) is 6.08 Å². The van der Waals surface area contributed by atoms with Crippen molar-refractivity contribution in [3.05, 3.63) is 65.2 Å². The molecular weight excluding hydrogens is 332 g/mol. The molecule has 26 heavy (non-hydrogen) atoms. The predicted octanol–water partition coefficient (Wildman–Crippen LogP) is 3.34. The molecule has 2 aromatic rings. The molecule has 0 heterocycles. The first-order valence-electron chi connectivity index (χ1n) is 7.81. The molecule has 0 aromatic heterocycles. The minimum atomic E-state index is -0.463. The molecule has 0 unspecified atom stereocenters. The third-order valence-electron chi connectivity index (χ3n) is 3.53. The van der Waals surface area contributed by atoms with E-state index in [1.54, 1.807) is 48.5 Å². The molecule has 1 amide bonds. The minimum Gasteiger partial charge on any atom is -0.479 e. The molecule has 0 aliphatic carbocycles. The molecule has 0 bridgehead atoms. The van der Waals surface area contributed by atoms with Gasteiger partial charge in [-0.2, -0.15) is 5.26 Å². The van der Waals surface area contributed by atoms with Crippen molar-refractivity contribution in [2.75, 3.05) is 19.0 Å². The van der Waals surface area contributed by atoms with E-state index >= 15 is 0 Å². The van der Waals surface area contributed by atoms with E-state index in [0.717, 1.165) is 11.1 Å². The van der Waals surface area contributed by atoms with Crippen molar-refractivity contribution in [2.24, 2.45) is 0 Å². The Morgan fingerprint density at radius 1 is 1.19 bits per heavy atom. The molecule has 2 aromatic carbocycles. The molecule has 2 rings (SSSR count). The zero-order valence-electron chi connectivity index (χ0n) is 14.5. The lowest BCUT2D eigenvalue weighted by molar-refractivity contribution is -0.111. The number of hydrogen-bond donors (Lipinski definition) is 1. The molecule has 0 aliphatic rings.